The zero-order valence-electron chi connectivity index (χ0n) is 35.7. The molecule has 6 aromatic carbocycles. The summed E-state index contributed by atoms with van der Waals surface area (Å²) in [5.41, 5.74) is 7.58. The van der Waals surface area contributed by atoms with Crippen molar-refractivity contribution >= 4 is 15.9 Å². The summed E-state index contributed by atoms with van der Waals surface area (Å²) in [6.45, 7) is 4.89. The van der Waals surface area contributed by atoms with Crippen LogP contribution >= 0.6 is 0 Å². The second-order valence-corrected chi connectivity index (χ2v) is 18.1. The number of aryl methyl sites for hydroxylation is 1. The molecule has 1 aliphatic heterocycles. The van der Waals surface area contributed by atoms with Gasteiger partial charge in [-0.3, -0.25) is 4.79 Å². The predicted octanol–water partition coefficient (Wildman–Crippen LogP) is 7.52. The summed E-state index contributed by atoms with van der Waals surface area (Å²) in [7, 11) is -2.06. The second-order valence-electron chi connectivity index (χ2n) is 16.4. The highest BCUT2D eigenvalue weighted by Gasteiger charge is 2.39. The first-order valence-electron chi connectivity index (χ1n) is 21.1. The Morgan fingerprint density at radius 2 is 1.44 bits per heavy atom. The fourth-order valence-electron chi connectivity index (χ4n) is 7.89. The van der Waals surface area contributed by atoms with E-state index in [1.807, 2.05) is 122 Å². The molecule has 1 amide bonds. The lowest BCUT2D eigenvalue weighted by Gasteiger charge is -2.42. The van der Waals surface area contributed by atoms with Crippen LogP contribution in [-0.2, 0) is 43.9 Å². The summed E-state index contributed by atoms with van der Waals surface area (Å²) in [5, 5.41) is 33.7. The molecule has 1 aliphatic rings. The zero-order valence-corrected chi connectivity index (χ0v) is 36.5. The largest absolute Gasteiger partial charge is 0.508 e. The van der Waals surface area contributed by atoms with E-state index in [2.05, 4.69) is 17.0 Å². The monoisotopic (exact) mass is 869 g/mol. The van der Waals surface area contributed by atoms with Crippen LogP contribution in [0.4, 0.5) is 0 Å². The number of nitrogens with zero attached hydrogens (tertiary/aromatic N) is 1. The van der Waals surface area contributed by atoms with Crippen LogP contribution in [0.1, 0.15) is 64.4 Å². The van der Waals surface area contributed by atoms with E-state index in [0.717, 1.165) is 44.5 Å². The highest BCUT2D eigenvalue weighted by molar-refractivity contribution is 7.89. The Morgan fingerprint density at radius 3 is 2.16 bits per heavy atom. The standard InChI is InChI=1S/C51H55N3O8S/c1-34-18-24-45(25-19-34)63(59,60)53-46(27-36-10-5-4-6-11-36)50(58)52-30-38-12-7-13-40(26-38)41-14-8-16-43(28-41)51-61-48(32-54(3)31-47(57)42-15-9-17-44(56)29-42)35(2)49(62-51)39-22-20-37(33-55)21-23-39/h4-26,28-29,35,46-49,51,53,55-57H,27,30-33H2,1-3H3,(H,52,58). The van der Waals surface area contributed by atoms with Crippen molar-refractivity contribution in [3.8, 4) is 16.9 Å². The lowest BCUT2D eigenvalue weighted by atomic mass is 9.89. The molecule has 1 heterocycles. The van der Waals surface area contributed by atoms with Crippen LogP contribution in [0.15, 0.2) is 157 Å². The molecule has 0 aromatic heterocycles. The Labute approximate surface area is 370 Å². The Kier molecular flexibility index (Phi) is 14.9. The number of hydrogen-bond acceptors (Lipinski definition) is 9. The molecule has 6 aromatic rings. The van der Waals surface area contributed by atoms with Crippen LogP contribution in [0.3, 0.4) is 0 Å². The quantitative estimate of drug-likeness (QED) is 0.0626. The normalized spacial score (nSPS) is 18.8. The van der Waals surface area contributed by atoms with Gasteiger partial charge in [0.15, 0.2) is 6.29 Å². The van der Waals surface area contributed by atoms with Crippen molar-refractivity contribution in [1.29, 1.82) is 0 Å². The van der Waals surface area contributed by atoms with Crippen molar-refractivity contribution in [2.75, 3.05) is 20.1 Å². The SMILES string of the molecule is Cc1ccc(S(=O)(=O)NC(Cc2ccccc2)C(=O)NCc2cccc(-c3cccc(C4OC(CN(C)CC(O)c5cccc(O)c5)C(C)C(c5ccc(CO)cc5)O4)c3)c2)cc1. The van der Waals surface area contributed by atoms with Gasteiger partial charge in [-0.1, -0.05) is 128 Å². The molecule has 328 valence electrons. The number of sulfonamides is 1. The van der Waals surface area contributed by atoms with E-state index in [1.165, 1.54) is 12.1 Å². The number of nitrogens with one attached hydrogen (secondary N) is 2. The van der Waals surface area contributed by atoms with Gasteiger partial charge in [0, 0.05) is 31.1 Å². The number of ether oxygens (including phenoxy) is 2. The van der Waals surface area contributed by atoms with Gasteiger partial charge in [0.25, 0.3) is 0 Å². The van der Waals surface area contributed by atoms with Crippen LogP contribution in [0.2, 0.25) is 0 Å². The van der Waals surface area contributed by atoms with Crippen LogP contribution in [0, 0.1) is 12.8 Å². The molecule has 0 radical (unpaired) electrons. The molecule has 11 nitrogen and oxygen atoms in total. The molecule has 0 spiro atoms. The van der Waals surface area contributed by atoms with Crippen molar-refractivity contribution in [2.45, 2.75) is 69.0 Å². The van der Waals surface area contributed by atoms with Gasteiger partial charge in [-0.2, -0.15) is 4.72 Å². The first kappa shape index (κ1) is 45.3. The molecule has 5 N–H and O–H groups in total. The number of rotatable bonds is 17. The highest BCUT2D eigenvalue weighted by atomic mass is 32.2. The minimum atomic E-state index is -3.99. The van der Waals surface area contributed by atoms with Crippen molar-refractivity contribution < 1.29 is 38.0 Å². The molecule has 12 heteroatoms. The molecule has 7 rings (SSSR count). The van der Waals surface area contributed by atoms with E-state index in [9.17, 15) is 28.5 Å². The first-order valence-corrected chi connectivity index (χ1v) is 22.6. The molecule has 0 saturated carbocycles. The van der Waals surface area contributed by atoms with E-state index < -0.39 is 34.4 Å². The highest BCUT2D eigenvalue weighted by Crippen LogP contribution is 2.42. The van der Waals surface area contributed by atoms with Gasteiger partial charge in [-0.15, -0.1) is 0 Å². The number of aliphatic hydroxyl groups is 2. The van der Waals surface area contributed by atoms with Gasteiger partial charge in [-0.25, -0.2) is 8.42 Å². The Hall–Kier alpha value is -5.70. The van der Waals surface area contributed by atoms with E-state index in [4.69, 9.17) is 9.47 Å². The summed E-state index contributed by atoms with van der Waals surface area (Å²) >= 11 is 0. The van der Waals surface area contributed by atoms with Crippen LogP contribution in [-0.4, -0.2) is 66.8 Å². The first-order chi connectivity index (χ1) is 30.3. The van der Waals surface area contributed by atoms with Crippen LogP contribution in [0.25, 0.3) is 11.1 Å². The topological polar surface area (TPSA) is 158 Å². The molecule has 63 heavy (non-hydrogen) atoms. The number of carbonyl (C=O) groups is 1. The van der Waals surface area contributed by atoms with E-state index in [1.54, 1.807) is 36.4 Å². The molecule has 0 aliphatic carbocycles. The van der Waals surface area contributed by atoms with Crippen LogP contribution < -0.4 is 10.0 Å². The molecule has 6 unspecified atom stereocenters. The van der Waals surface area contributed by atoms with Crippen molar-refractivity contribution in [2.24, 2.45) is 5.92 Å². The van der Waals surface area contributed by atoms with Gasteiger partial charge in [0.1, 0.15) is 11.8 Å². The molecule has 6 atom stereocenters. The third-order valence-electron chi connectivity index (χ3n) is 11.5. The molecule has 0 bridgehead atoms. The number of amides is 1. The number of aromatic hydroxyl groups is 1. The summed E-state index contributed by atoms with van der Waals surface area (Å²) in [5.74, 6) is -0.432. The Balaban J connectivity index is 1.08. The summed E-state index contributed by atoms with van der Waals surface area (Å²) in [6.07, 6.45) is -2.01. The average Bonchev–Trinajstić information content (AvgIpc) is 3.29. The fourth-order valence-corrected chi connectivity index (χ4v) is 9.09. The summed E-state index contributed by atoms with van der Waals surface area (Å²) in [6, 6.07) is 44.9. The van der Waals surface area contributed by atoms with Gasteiger partial charge in [0.2, 0.25) is 15.9 Å². The lowest BCUT2D eigenvalue weighted by molar-refractivity contribution is -0.276. The predicted molar refractivity (Wildman–Crippen MR) is 243 cm³/mol. The van der Waals surface area contributed by atoms with E-state index in [-0.39, 0.29) is 48.3 Å². The van der Waals surface area contributed by atoms with E-state index in [0.29, 0.717) is 18.7 Å². The maximum atomic E-state index is 13.8. The Morgan fingerprint density at radius 1 is 0.762 bits per heavy atom. The van der Waals surface area contributed by atoms with E-state index >= 15 is 0 Å². The second kappa shape index (κ2) is 20.7. The maximum Gasteiger partial charge on any atom is 0.241 e. The number of phenols is 1. The van der Waals surface area contributed by atoms with Crippen molar-refractivity contribution in [1.82, 2.24) is 14.9 Å². The third-order valence-corrected chi connectivity index (χ3v) is 13.0. The number of benzene rings is 6. The maximum absolute atomic E-state index is 13.8. The molecular formula is C51H55N3O8S. The number of hydrogen-bond donors (Lipinski definition) is 5. The number of likely N-dealkylation sites (N-methyl/N-ethyl adjacent to an activating group) is 1. The molecule has 1 saturated heterocycles. The van der Waals surface area contributed by atoms with Gasteiger partial charge in [-0.05, 0) is 95.7 Å². The average molecular weight is 870 g/mol. The molecule has 1 fully saturated rings. The van der Waals surface area contributed by atoms with Crippen LogP contribution in [0.5, 0.6) is 5.75 Å². The lowest BCUT2D eigenvalue weighted by Crippen LogP contribution is -2.47. The summed E-state index contributed by atoms with van der Waals surface area (Å²) in [4.78, 5) is 15.9. The van der Waals surface area contributed by atoms with Gasteiger partial charge < -0.3 is 35.0 Å². The van der Waals surface area contributed by atoms with Crippen molar-refractivity contribution in [3.05, 3.63) is 191 Å². The minimum absolute atomic E-state index is 0.0623. The Bertz CT molecular complexity index is 2560. The third kappa shape index (κ3) is 11.9. The fraction of sp³-hybridized carbons (Fsp3) is 0.275. The van der Waals surface area contributed by atoms with Crippen molar-refractivity contribution in [3.63, 3.8) is 0 Å². The zero-order chi connectivity index (χ0) is 44.5. The molecular weight excluding hydrogens is 815 g/mol. The van der Waals surface area contributed by atoms with Gasteiger partial charge >= 0.3 is 0 Å². The number of carbonyl (C=O) groups excluding carboxylic acids is 1. The number of phenolic OH excluding ortho intramolecular Hbond substituents is 1. The summed E-state index contributed by atoms with van der Waals surface area (Å²) < 4.78 is 43.0. The number of aliphatic hydroxyl groups excluding tert-OH is 2. The van der Waals surface area contributed by atoms with Gasteiger partial charge in [0.05, 0.1) is 29.8 Å². The minimum Gasteiger partial charge on any atom is -0.508 e. The smallest absolute Gasteiger partial charge is 0.241 e.